The van der Waals surface area contributed by atoms with Crippen LogP contribution in [0.1, 0.15) is 0 Å². The van der Waals surface area contributed by atoms with Gasteiger partial charge in [-0.1, -0.05) is 0 Å². The first-order chi connectivity index (χ1) is 8.65. The summed E-state index contributed by atoms with van der Waals surface area (Å²) in [6.07, 6.45) is 2.74. The number of hydrogen-bond acceptors (Lipinski definition) is 7. The molecule has 8 heteroatoms. The fourth-order valence-electron chi connectivity index (χ4n) is 1.13. The molecule has 1 aromatic carbocycles. The molecule has 90 valence electrons. The molecule has 18 heavy (non-hydrogen) atoms. The monoisotopic (exact) mass is 244 g/mol. The summed E-state index contributed by atoms with van der Waals surface area (Å²) in [4.78, 5) is 17.6. The van der Waals surface area contributed by atoms with E-state index in [1.54, 1.807) is 0 Å². The van der Waals surface area contributed by atoms with Gasteiger partial charge in [-0.2, -0.15) is 0 Å². The zero-order valence-corrected chi connectivity index (χ0v) is 9.09. The number of aromatic nitrogens is 2. The van der Waals surface area contributed by atoms with E-state index in [1.807, 2.05) is 0 Å². The van der Waals surface area contributed by atoms with Gasteiger partial charge in [0.05, 0.1) is 23.0 Å². The van der Waals surface area contributed by atoms with Gasteiger partial charge in [0, 0.05) is 12.1 Å². The van der Waals surface area contributed by atoms with Crippen LogP contribution >= 0.6 is 0 Å². The Hall–Kier alpha value is -2.90. The van der Waals surface area contributed by atoms with Gasteiger partial charge in [-0.05, 0) is 12.1 Å². The summed E-state index contributed by atoms with van der Waals surface area (Å²) >= 11 is 0. The topological polar surface area (TPSA) is 120 Å². The number of hydrogen-bond donors (Lipinski definition) is 1. The predicted octanol–water partition coefficient (Wildman–Crippen LogP) is 2.38. The molecule has 0 bridgehead atoms. The number of rotatable bonds is 3. The summed E-state index contributed by atoms with van der Waals surface area (Å²) in [5.74, 6) is 0.604. The van der Waals surface area contributed by atoms with Gasteiger partial charge in [0.15, 0.2) is 5.82 Å². The number of anilines is 1. The minimum atomic E-state index is -0.480. The van der Waals surface area contributed by atoms with E-state index in [4.69, 9.17) is 5.73 Å². The van der Waals surface area contributed by atoms with E-state index in [0.717, 1.165) is 0 Å². The Morgan fingerprint density at radius 1 is 1.11 bits per heavy atom. The average Bonchev–Trinajstić information content (AvgIpc) is 2.38. The standard InChI is InChI=1S/C10H8N6O2/c11-9-5-13-10(6-12-9)15-14-7-1-3-8(4-2-7)16(17)18/h1-6H,(H2,11,12). The van der Waals surface area contributed by atoms with E-state index in [0.29, 0.717) is 17.3 Å². The third-order valence-electron chi connectivity index (χ3n) is 1.99. The minimum absolute atomic E-state index is 0.00114. The van der Waals surface area contributed by atoms with Crippen LogP contribution in [0, 0.1) is 10.1 Å². The lowest BCUT2D eigenvalue weighted by atomic mass is 10.3. The van der Waals surface area contributed by atoms with Gasteiger partial charge in [0.2, 0.25) is 0 Å². The van der Waals surface area contributed by atoms with Crippen LogP contribution in [0.25, 0.3) is 0 Å². The van der Waals surface area contributed by atoms with E-state index < -0.39 is 4.92 Å². The molecule has 2 aromatic rings. The van der Waals surface area contributed by atoms with Crippen LogP contribution < -0.4 is 5.73 Å². The molecule has 1 aromatic heterocycles. The van der Waals surface area contributed by atoms with Gasteiger partial charge < -0.3 is 5.73 Å². The van der Waals surface area contributed by atoms with E-state index in [2.05, 4.69) is 20.2 Å². The molecule has 0 radical (unpaired) electrons. The van der Waals surface area contributed by atoms with Gasteiger partial charge in [0.25, 0.3) is 5.69 Å². The third kappa shape index (κ3) is 2.82. The van der Waals surface area contributed by atoms with Crippen LogP contribution in [0.2, 0.25) is 0 Å². The second-order valence-electron chi connectivity index (χ2n) is 3.27. The number of nitrogens with two attached hydrogens (primary N) is 1. The van der Waals surface area contributed by atoms with Crippen molar-refractivity contribution in [1.82, 2.24) is 9.97 Å². The number of benzene rings is 1. The first kappa shape index (κ1) is 11.6. The third-order valence-corrected chi connectivity index (χ3v) is 1.99. The van der Waals surface area contributed by atoms with Gasteiger partial charge in [-0.3, -0.25) is 10.1 Å². The second-order valence-corrected chi connectivity index (χ2v) is 3.27. The normalized spacial score (nSPS) is 10.7. The molecule has 0 atom stereocenters. The highest BCUT2D eigenvalue weighted by Gasteiger charge is 2.03. The highest BCUT2D eigenvalue weighted by molar-refractivity contribution is 5.44. The van der Waals surface area contributed by atoms with Crippen molar-refractivity contribution in [3.8, 4) is 0 Å². The largest absolute Gasteiger partial charge is 0.382 e. The van der Waals surface area contributed by atoms with Gasteiger partial charge >= 0.3 is 0 Å². The molecule has 0 aliphatic carbocycles. The van der Waals surface area contributed by atoms with Crippen molar-refractivity contribution < 1.29 is 4.92 Å². The maximum Gasteiger partial charge on any atom is 0.269 e. The van der Waals surface area contributed by atoms with E-state index in [1.165, 1.54) is 36.7 Å². The predicted molar refractivity (Wildman–Crippen MR) is 63.7 cm³/mol. The van der Waals surface area contributed by atoms with Crippen molar-refractivity contribution in [2.45, 2.75) is 0 Å². The Balaban J connectivity index is 2.13. The molecule has 0 aliphatic rings. The van der Waals surface area contributed by atoms with Crippen molar-refractivity contribution in [2.24, 2.45) is 10.2 Å². The molecule has 0 fully saturated rings. The molecule has 0 amide bonds. The molecule has 2 rings (SSSR count). The van der Waals surface area contributed by atoms with Crippen LogP contribution in [-0.2, 0) is 0 Å². The summed E-state index contributed by atoms with van der Waals surface area (Å²) in [5, 5.41) is 18.1. The summed E-state index contributed by atoms with van der Waals surface area (Å²) in [7, 11) is 0. The Kier molecular flexibility index (Phi) is 3.19. The maximum atomic E-state index is 10.4. The van der Waals surface area contributed by atoms with Crippen LogP contribution in [0.5, 0.6) is 0 Å². The van der Waals surface area contributed by atoms with Gasteiger partial charge in [0.1, 0.15) is 5.82 Å². The molecular formula is C10H8N6O2. The smallest absolute Gasteiger partial charge is 0.269 e. The summed E-state index contributed by atoms with van der Waals surface area (Å²) in [6, 6.07) is 5.69. The number of nitrogen functional groups attached to an aromatic ring is 1. The van der Waals surface area contributed by atoms with Gasteiger partial charge in [-0.15, -0.1) is 10.2 Å². The Morgan fingerprint density at radius 3 is 2.39 bits per heavy atom. The lowest BCUT2D eigenvalue weighted by molar-refractivity contribution is -0.384. The second kappa shape index (κ2) is 4.95. The minimum Gasteiger partial charge on any atom is -0.382 e. The van der Waals surface area contributed by atoms with Crippen molar-refractivity contribution in [2.75, 3.05) is 5.73 Å². The van der Waals surface area contributed by atoms with Crippen molar-refractivity contribution in [3.05, 3.63) is 46.8 Å². The van der Waals surface area contributed by atoms with Crippen LogP contribution in [0.15, 0.2) is 46.9 Å². The lowest BCUT2D eigenvalue weighted by Crippen LogP contribution is -1.89. The number of non-ortho nitro benzene ring substituents is 1. The zero-order valence-electron chi connectivity index (χ0n) is 9.09. The van der Waals surface area contributed by atoms with Crippen LogP contribution in [-0.4, -0.2) is 14.9 Å². The van der Waals surface area contributed by atoms with Crippen molar-refractivity contribution in [3.63, 3.8) is 0 Å². The number of nitro groups is 1. The first-order valence-corrected chi connectivity index (χ1v) is 4.89. The molecule has 0 unspecified atom stereocenters. The van der Waals surface area contributed by atoms with Crippen LogP contribution in [0.4, 0.5) is 23.0 Å². The lowest BCUT2D eigenvalue weighted by Gasteiger charge is -1.93. The Morgan fingerprint density at radius 2 is 1.83 bits per heavy atom. The van der Waals surface area contributed by atoms with Crippen molar-refractivity contribution >= 4 is 23.0 Å². The number of nitrogens with zero attached hydrogens (tertiary/aromatic N) is 5. The van der Waals surface area contributed by atoms with Gasteiger partial charge in [-0.25, -0.2) is 9.97 Å². The molecular weight excluding hydrogens is 236 g/mol. The summed E-state index contributed by atoms with van der Waals surface area (Å²) in [6.45, 7) is 0. The Bertz CT molecular complexity index is 578. The highest BCUT2D eigenvalue weighted by atomic mass is 16.6. The zero-order chi connectivity index (χ0) is 13.0. The van der Waals surface area contributed by atoms with E-state index in [9.17, 15) is 10.1 Å². The SMILES string of the molecule is Nc1cnc(N=Nc2ccc([N+](=O)[O-])cc2)cn1. The number of azo groups is 1. The quantitative estimate of drug-likeness (QED) is 0.504. The molecule has 0 saturated carbocycles. The molecule has 8 nitrogen and oxygen atoms in total. The fraction of sp³-hybridized carbons (Fsp3) is 0. The highest BCUT2D eigenvalue weighted by Crippen LogP contribution is 2.19. The molecule has 2 N–H and O–H groups in total. The molecule has 1 heterocycles. The van der Waals surface area contributed by atoms with Crippen molar-refractivity contribution in [1.29, 1.82) is 0 Å². The maximum absolute atomic E-state index is 10.4. The fourth-order valence-corrected chi connectivity index (χ4v) is 1.13. The average molecular weight is 244 g/mol. The molecule has 0 spiro atoms. The first-order valence-electron chi connectivity index (χ1n) is 4.89. The van der Waals surface area contributed by atoms with E-state index >= 15 is 0 Å². The Labute approximate surface area is 101 Å². The van der Waals surface area contributed by atoms with E-state index in [-0.39, 0.29) is 5.69 Å². The van der Waals surface area contributed by atoms with Crippen LogP contribution in [0.3, 0.4) is 0 Å². The summed E-state index contributed by atoms with van der Waals surface area (Å²) in [5.41, 5.74) is 5.86. The molecule has 0 saturated heterocycles. The molecule has 0 aliphatic heterocycles. The number of nitro benzene ring substituents is 1. The summed E-state index contributed by atoms with van der Waals surface area (Å²) < 4.78 is 0.